The van der Waals surface area contributed by atoms with Gasteiger partial charge in [-0.1, -0.05) is 6.92 Å². The number of piperidine rings is 1. The summed E-state index contributed by atoms with van der Waals surface area (Å²) in [4.78, 5) is 39.8. The Morgan fingerprint density at radius 1 is 1.14 bits per heavy atom. The highest BCUT2D eigenvalue weighted by molar-refractivity contribution is 7.17. The van der Waals surface area contributed by atoms with Crippen LogP contribution >= 0.6 is 11.3 Å². The topological polar surface area (TPSA) is 87.7 Å². The number of ether oxygens (including phenoxy) is 1. The summed E-state index contributed by atoms with van der Waals surface area (Å²) in [6.07, 6.45) is 6.31. The second-order valence-corrected chi connectivity index (χ2v) is 8.75. The molecule has 2 N–H and O–H groups in total. The number of rotatable bonds is 6. The van der Waals surface area contributed by atoms with Crippen LogP contribution in [-0.2, 0) is 22.4 Å². The molecule has 29 heavy (non-hydrogen) atoms. The smallest absolute Gasteiger partial charge is 0.341 e. The van der Waals surface area contributed by atoms with Gasteiger partial charge in [0.2, 0.25) is 5.91 Å². The Morgan fingerprint density at radius 2 is 1.86 bits per heavy atom. The minimum atomic E-state index is -0.352. The van der Waals surface area contributed by atoms with Crippen LogP contribution in [0.3, 0.4) is 0 Å². The van der Waals surface area contributed by atoms with Crippen LogP contribution in [0, 0.1) is 5.92 Å². The molecule has 160 valence electrons. The lowest BCUT2D eigenvalue weighted by molar-refractivity contribution is -0.132. The minimum Gasteiger partial charge on any atom is -0.462 e. The van der Waals surface area contributed by atoms with Crippen molar-refractivity contribution in [2.45, 2.75) is 58.8 Å². The number of aryl methyl sites for hydroxylation is 1. The van der Waals surface area contributed by atoms with Gasteiger partial charge in [0, 0.05) is 30.9 Å². The molecule has 7 nitrogen and oxygen atoms in total. The highest BCUT2D eigenvalue weighted by atomic mass is 32.1. The van der Waals surface area contributed by atoms with Crippen LogP contribution in [0.4, 0.5) is 9.80 Å². The lowest BCUT2D eigenvalue weighted by atomic mass is 9.95. The normalized spacial score (nSPS) is 16.8. The molecule has 0 unspecified atom stereocenters. The number of nitrogens with zero attached hydrogens (tertiary/aromatic N) is 1. The molecular weight excluding hydrogens is 390 g/mol. The summed E-state index contributed by atoms with van der Waals surface area (Å²) in [7, 11) is 0. The van der Waals surface area contributed by atoms with Gasteiger partial charge in [0.05, 0.1) is 12.2 Å². The molecule has 1 aliphatic heterocycles. The van der Waals surface area contributed by atoms with Gasteiger partial charge in [-0.05, 0) is 56.9 Å². The second-order valence-electron chi connectivity index (χ2n) is 7.65. The number of fused-ring (bicyclic) bond motifs is 1. The van der Waals surface area contributed by atoms with E-state index in [0.717, 1.165) is 57.2 Å². The maximum atomic E-state index is 12.5. The molecule has 0 atom stereocenters. The Balaban J connectivity index is 1.56. The standard InChI is InChI=1S/C21H31N3O4S/c1-3-17(25)24-11-9-14(10-12-24)13-22-21(27)23-19-18(20(26)28-4-2)15-7-5-6-8-16(15)29-19/h14H,3-13H2,1-2H3,(H2,22,23,27). The van der Waals surface area contributed by atoms with E-state index in [1.807, 2.05) is 11.8 Å². The summed E-state index contributed by atoms with van der Waals surface area (Å²) in [5.41, 5.74) is 1.58. The average molecular weight is 422 g/mol. The summed E-state index contributed by atoms with van der Waals surface area (Å²) in [6, 6.07) is -0.291. The zero-order valence-electron chi connectivity index (χ0n) is 17.3. The molecule has 1 aromatic heterocycles. The SMILES string of the molecule is CCOC(=O)c1c(NC(=O)NCC2CCN(C(=O)CC)CC2)sc2c1CCCC2. The maximum Gasteiger partial charge on any atom is 0.341 e. The molecule has 0 aromatic carbocycles. The van der Waals surface area contributed by atoms with E-state index in [9.17, 15) is 14.4 Å². The van der Waals surface area contributed by atoms with Gasteiger partial charge < -0.3 is 15.0 Å². The van der Waals surface area contributed by atoms with Gasteiger partial charge in [0.1, 0.15) is 5.00 Å². The van der Waals surface area contributed by atoms with Crippen molar-refractivity contribution in [3.8, 4) is 0 Å². The van der Waals surface area contributed by atoms with E-state index in [1.54, 1.807) is 6.92 Å². The van der Waals surface area contributed by atoms with E-state index in [1.165, 1.54) is 16.2 Å². The van der Waals surface area contributed by atoms with Crippen LogP contribution in [0.5, 0.6) is 0 Å². The first-order valence-electron chi connectivity index (χ1n) is 10.7. The van der Waals surface area contributed by atoms with Crippen molar-refractivity contribution >= 4 is 34.2 Å². The molecule has 0 saturated carbocycles. The van der Waals surface area contributed by atoms with Crippen molar-refractivity contribution in [2.75, 3.05) is 31.6 Å². The molecule has 1 aromatic rings. The van der Waals surface area contributed by atoms with Gasteiger partial charge in [0.25, 0.3) is 0 Å². The average Bonchev–Trinajstić information content (AvgIpc) is 3.10. The molecule has 8 heteroatoms. The van der Waals surface area contributed by atoms with Gasteiger partial charge in [-0.3, -0.25) is 10.1 Å². The van der Waals surface area contributed by atoms with Gasteiger partial charge in [-0.15, -0.1) is 11.3 Å². The van der Waals surface area contributed by atoms with E-state index in [4.69, 9.17) is 4.74 Å². The third-order valence-electron chi connectivity index (χ3n) is 5.70. The maximum absolute atomic E-state index is 12.5. The van der Waals surface area contributed by atoms with Crippen molar-refractivity contribution in [3.63, 3.8) is 0 Å². The highest BCUT2D eigenvalue weighted by Crippen LogP contribution is 2.38. The van der Waals surface area contributed by atoms with E-state index >= 15 is 0 Å². The Bertz CT molecular complexity index is 753. The third-order valence-corrected chi connectivity index (χ3v) is 6.91. The molecule has 0 spiro atoms. The minimum absolute atomic E-state index is 0.197. The van der Waals surface area contributed by atoms with Crippen molar-refractivity contribution in [3.05, 3.63) is 16.0 Å². The van der Waals surface area contributed by atoms with Gasteiger partial charge in [-0.25, -0.2) is 9.59 Å². The molecule has 2 aliphatic rings. The van der Waals surface area contributed by atoms with Gasteiger partial charge in [-0.2, -0.15) is 0 Å². The number of nitrogens with one attached hydrogen (secondary N) is 2. The first kappa shape index (κ1) is 21.6. The predicted molar refractivity (Wildman–Crippen MR) is 114 cm³/mol. The Labute approximate surface area is 176 Å². The lowest BCUT2D eigenvalue weighted by Crippen LogP contribution is -2.42. The van der Waals surface area contributed by atoms with Crippen LogP contribution in [0.25, 0.3) is 0 Å². The molecule has 0 bridgehead atoms. The summed E-state index contributed by atoms with van der Waals surface area (Å²) in [5, 5.41) is 6.42. The quantitative estimate of drug-likeness (QED) is 0.688. The molecule has 1 saturated heterocycles. The van der Waals surface area contributed by atoms with E-state index < -0.39 is 0 Å². The van der Waals surface area contributed by atoms with E-state index in [0.29, 0.717) is 36.1 Å². The predicted octanol–water partition coefficient (Wildman–Crippen LogP) is 3.57. The van der Waals surface area contributed by atoms with Crippen molar-refractivity contribution in [1.82, 2.24) is 10.2 Å². The number of amides is 3. The van der Waals surface area contributed by atoms with Crippen LogP contribution in [-0.4, -0.2) is 49.0 Å². The summed E-state index contributed by atoms with van der Waals surface area (Å²) >= 11 is 1.49. The number of hydrogen-bond donors (Lipinski definition) is 2. The monoisotopic (exact) mass is 421 g/mol. The van der Waals surface area contributed by atoms with Crippen LogP contribution in [0.1, 0.15) is 66.8 Å². The zero-order chi connectivity index (χ0) is 20.8. The van der Waals surface area contributed by atoms with Gasteiger partial charge >= 0.3 is 12.0 Å². The number of carbonyl (C=O) groups is 3. The largest absolute Gasteiger partial charge is 0.462 e. The molecule has 1 fully saturated rings. The van der Waals surface area contributed by atoms with Crippen molar-refractivity contribution < 1.29 is 19.1 Å². The number of urea groups is 1. The van der Waals surface area contributed by atoms with Crippen molar-refractivity contribution in [2.24, 2.45) is 5.92 Å². The second kappa shape index (κ2) is 10.1. The fraction of sp³-hybridized carbons (Fsp3) is 0.667. The molecule has 3 rings (SSSR count). The first-order valence-corrected chi connectivity index (χ1v) is 11.5. The lowest BCUT2D eigenvalue weighted by Gasteiger charge is -2.31. The highest BCUT2D eigenvalue weighted by Gasteiger charge is 2.27. The Morgan fingerprint density at radius 3 is 2.55 bits per heavy atom. The third kappa shape index (κ3) is 5.29. The zero-order valence-corrected chi connectivity index (χ0v) is 18.2. The van der Waals surface area contributed by atoms with E-state index in [2.05, 4.69) is 10.6 Å². The Hall–Kier alpha value is -2.09. The number of likely N-dealkylation sites (tertiary alicyclic amines) is 1. The van der Waals surface area contributed by atoms with E-state index in [-0.39, 0.29) is 17.9 Å². The number of carbonyl (C=O) groups excluding carboxylic acids is 3. The van der Waals surface area contributed by atoms with Crippen LogP contribution in [0.15, 0.2) is 0 Å². The first-order chi connectivity index (χ1) is 14.0. The fourth-order valence-electron chi connectivity index (χ4n) is 4.07. The summed E-state index contributed by atoms with van der Waals surface area (Å²) < 4.78 is 5.23. The molecule has 2 heterocycles. The number of thiophene rings is 1. The summed E-state index contributed by atoms with van der Waals surface area (Å²) in [5.74, 6) is 0.209. The van der Waals surface area contributed by atoms with Crippen LogP contribution < -0.4 is 10.6 Å². The molecule has 0 radical (unpaired) electrons. The fourth-order valence-corrected chi connectivity index (χ4v) is 5.34. The van der Waals surface area contributed by atoms with Gasteiger partial charge in [0.15, 0.2) is 0 Å². The summed E-state index contributed by atoms with van der Waals surface area (Å²) in [6.45, 7) is 6.06. The molecular formula is C21H31N3O4S. The number of hydrogen-bond acceptors (Lipinski definition) is 5. The Kier molecular flexibility index (Phi) is 7.52. The molecule has 3 amide bonds. The number of anilines is 1. The molecule has 1 aliphatic carbocycles. The van der Waals surface area contributed by atoms with Crippen LogP contribution in [0.2, 0.25) is 0 Å². The van der Waals surface area contributed by atoms with Crippen molar-refractivity contribution in [1.29, 1.82) is 0 Å². The number of esters is 1.